The molecule has 31 heteroatoms. The average Bonchev–Trinajstić information content (AvgIpc) is 1.41. The molecule has 218 valence electrons. The Morgan fingerprint density at radius 1 is 0.258 bits per heavy atom. The van der Waals surface area contributed by atoms with E-state index in [1.807, 2.05) is 0 Å². The van der Waals surface area contributed by atoms with Crippen molar-refractivity contribution in [2.45, 2.75) is 0 Å². The zero-order valence-corrected chi connectivity index (χ0v) is 18.5. The molecule has 0 unspecified atom stereocenters. The summed E-state index contributed by atoms with van der Waals surface area (Å²) in [6.07, 6.45) is 0. The van der Waals surface area contributed by atoms with Gasteiger partial charge in [0.1, 0.15) is 0 Å². The minimum absolute atomic E-state index is 0. The number of rotatable bonds is 0. The van der Waals surface area contributed by atoms with Gasteiger partial charge in [-0.1, -0.05) is 0 Å². The van der Waals surface area contributed by atoms with Crippen molar-refractivity contribution < 1.29 is 163 Å². The van der Waals surface area contributed by atoms with Crippen LogP contribution < -0.4 is 0 Å². The Bertz CT molecular complexity index is 346. The molecule has 0 rings (SSSR count). The van der Waals surface area contributed by atoms with Crippen molar-refractivity contribution in [2.24, 2.45) is 0 Å². The van der Waals surface area contributed by atoms with Crippen molar-refractivity contribution >= 4 is 31.2 Å². The average molecular weight is 652 g/mol. The molecule has 26 nitrogen and oxygen atoms in total. The normalized spacial score (nSPS) is 5.61. The first-order valence-corrected chi connectivity index (χ1v) is 6.00. The molecule has 31 heavy (non-hydrogen) atoms. The molecule has 0 aromatic carbocycles. The van der Waals surface area contributed by atoms with Crippen molar-refractivity contribution in [1.29, 1.82) is 0 Å². The van der Waals surface area contributed by atoms with Crippen LogP contribution in [0.5, 0.6) is 0 Å². The Kier molecular flexibility index (Phi) is 483. The van der Waals surface area contributed by atoms with Crippen LogP contribution in [0.25, 0.3) is 0 Å². The van der Waals surface area contributed by atoms with E-state index in [2.05, 4.69) is 0 Å². The van der Waals surface area contributed by atoms with E-state index in [4.69, 9.17) is 52.6 Å². The third kappa shape index (κ3) is 3000000. The monoisotopic (exact) mass is 652 g/mol. The minimum atomic E-state index is -5.17. The molecule has 0 bridgehead atoms. The second-order valence-corrected chi connectivity index (χ2v) is 3.67. The van der Waals surface area contributed by atoms with Crippen LogP contribution in [-0.2, 0) is 65.3 Å². The van der Waals surface area contributed by atoms with Gasteiger partial charge in [-0.15, -0.1) is 0 Å². The predicted molar refractivity (Wildman–Crippen MR) is 82.0 cm³/mol. The fraction of sp³-hybridized carbons (Fsp3) is 0. The summed E-state index contributed by atoms with van der Waals surface area (Å²) in [5.74, 6) is 0. The van der Waals surface area contributed by atoms with Crippen LogP contribution in [0, 0.1) is 0 Å². The first kappa shape index (κ1) is 193. The standard InChI is InChI=1S/2Fe.3H2O4S.14H2O/c;;3*1-5(2,3)4;;;;;;;;;;;;;;/h;;3*(H2,1,2,3,4);14*1H2/q2*+3;;;;;;;;;;;;;;;;;/p-6. The predicted octanol–water partition coefficient (Wildman–Crippen LogP) is -15.6. The van der Waals surface area contributed by atoms with Gasteiger partial charge in [0.05, 0.1) is 0 Å². The molecule has 0 atom stereocenters. The van der Waals surface area contributed by atoms with E-state index in [-0.39, 0.29) is 111 Å². The summed E-state index contributed by atoms with van der Waals surface area (Å²) in [6.45, 7) is 0. The van der Waals surface area contributed by atoms with Crippen LogP contribution >= 0.6 is 0 Å². The summed E-state index contributed by atoms with van der Waals surface area (Å²) in [4.78, 5) is 0. The molecule has 0 saturated carbocycles. The molecule has 28 N–H and O–H groups in total. The van der Waals surface area contributed by atoms with Crippen molar-refractivity contribution in [1.82, 2.24) is 0 Å². The van der Waals surface area contributed by atoms with Crippen molar-refractivity contribution in [2.75, 3.05) is 0 Å². The molecule has 0 aliphatic rings. The maximum absolute atomic E-state index is 8.52. The summed E-state index contributed by atoms with van der Waals surface area (Å²) < 4.78 is 102. The molecule has 0 aliphatic carbocycles. The first-order chi connectivity index (χ1) is 6.00. The van der Waals surface area contributed by atoms with Gasteiger partial charge in [0, 0.05) is 31.2 Å². The van der Waals surface area contributed by atoms with Crippen LogP contribution in [0.1, 0.15) is 0 Å². The first-order valence-electron chi connectivity index (χ1n) is 2.00. The second-order valence-electron chi connectivity index (χ2n) is 1.22. The third-order valence-electron chi connectivity index (χ3n) is 0. The van der Waals surface area contributed by atoms with Gasteiger partial charge in [0.25, 0.3) is 0 Å². The van der Waals surface area contributed by atoms with E-state index >= 15 is 0 Å². The summed E-state index contributed by atoms with van der Waals surface area (Å²) in [6, 6.07) is 0. The summed E-state index contributed by atoms with van der Waals surface area (Å²) in [7, 11) is -15.5. The molecular formula is H28Fe2O26S3. The van der Waals surface area contributed by atoms with Gasteiger partial charge in [-0.2, -0.15) is 0 Å². The van der Waals surface area contributed by atoms with Gasteiger partial charge < -0.3 is 104 Å². The van der Waals surface area contributed by atoms with E-state index in [0.717, 1.165) is 0 Å². The Hall–Kier alpha value is 0.0890. The number of hydrogen-bond acceptors (Lipinski definition) is 12. The van der Waals surface area contributed by atoms with Gasteiger partial charge in [0.15, 0.2) is 0 Å². The molecule has 0 aliphatic heterocycles. The van der Waals surface area contributed by atoms with Crippen molar-refractivity contribution in [3.63, 3.8) is 0 Å². The fourth-order valence-corrected chi connectivity index (χ4v) is 0. The molecular weight excluding hydrogens is 624 g/mol. The Balaban J connectivity index is -0.00000000326. The molecule has 0 heterocycles. The third-order valence-corrected chi connectivity index (χ3v) is 0. The van der Waals surface area contributed by atoms with E-state index in [1.54, 1.807) is 0 Å². The van der Waals surface area contributed by atoms with Crippen LogP contribution in [0.3, 0.4) is 0 Å². The van der Waals surface area contributed by atoms with Gasteiger partial charge in [-0.25, -0.2) is 0 Å². The second kappa shape index (κ2) is 77.8. The van der Waals surface area contributed by atoms with Crippen LogP contribution in [0.15, 0.2) is 0 Å². The zero-order valence-electron chi connectivity index (χ0n) is 13.8. The molecule has 0 spiro atoms. The van der Waals surface area contributed by atoms with Crippen molar-refractivity contribution in [3.05, 3.63) is 0 Å². The summed E-state index contributed by atoms with van der Waals surface area (Å²) in [5.41, 5.74) is 0. The van der Waals surface area contributed by atoms with Gasteiger partial charge in [-0.3, -0.25) is 25.3 Å². The number of hydrogen-bond donors (Lipinski definition) is 0. The SMILES string of the molecule is O.O.O.O.O.O.O.O.O.O.O.O.O.O.O=S(=O)([O-])[O-].O=S(=O)([O-])[O-].O=S(=O)([O-])[O-].[Fe+3].[Fe+3]. The maximum Gasteiger partial charge on any atom is 3.00 e. The van der Waals surface area contributed by atoms with Gasteiger partial charge in [-0.05, 0) is 0 Å². The summed E-state index contributed by atoms with van der Waals surface area (Å²) >= 11 is 0. The van der Waals surface area contributed by atoms with Gasteiger partial charge in [0.2, 0.25) is 0 Å². The smallest absolute Gasteiger partial charge is 0.759 e. The topological polar surface area (TPSA) is 682 Å². The minimum Gasteiger partial charge on any atom is -0.759 e. The van der Waals surface area contributed by atoms with Crippen LogP contribution in [0.2, 0.25) is 0 Å². The Morgan fingerprint density at radius 2 is 0.258 bits per heavy atom. The van der Waals surface area contributed by atoms with E-state index in [0.29, 0.717) is 0 Å². The molecule has 0 aromatic rings. The van der Waals surface area contributed by atoms with E-state index in [1.165, 1.54) is 0 Å². The molecule has 0 amide bonds. The molecule has 0 fully saturated rings. The fourth-order valence-electron chi connectivity index (χ4n) is 0. The van der Waals surface area contributed by atoms with E-state index < -0.39 is 31.2 Å². The largest absolute Gasteiger partial charge is 3.00 e. The Morgan fingerprint density at radius 3 is 0.258 bits per heavy atom. The van der Waals surface area contributed by atoms with Crippen LogP contribution in [-0.4, -0.2) is 129 Å². The zero-order chi connectivity index (χ0) is 13.5. The maximum atomic E-state index is 8.52. The van der Waals surface area contributed by atoms with Gasteiger partial charge >= 0.3 is 34.1 Å². The molecule has 2 radical (unpaired) electrons. The molecule has 0 aromatic heterocycles. The van der Waals surface area contributed by atoms with E-state index in [9.17, 15) is 0 Å². The Labute approximate surface area is 194 Å². The van der Waals surface area contributed by atoms with Crippen molar-refractivity contribution in [3.8, 4) is 0 Å². The summed E-state index contributed by atoms with van der Waals surface area (Å²) in [5, 5.41) is 0. The quantitative estimate of drug-likeness (QED) is 0.134. The van der Waals surface area contributed by atoms with Crippen LogP contribution in [0.4, 0.5) is 0 Å². The molecule has 0 saturated heterocycles.